The minimum absolute atomic E-state index is 0.161. The summed E-state index contributed by atoms with van der Waals surface area (Å²) in [6.45, 7) is 5.94. The van der Waals surface area contributed by atoms with Crippen LogP contribution in [-0.2, 0) is 0 Å². The maximum absolute atomic E-state index is 13.9. The molecular formula is C17H21FN4O. The molecule has 5 nitrogen and oxygen atoms in total. The van der Waals surface area contributed by atoms with Crippen molar-refractivity contribution < 1.29 is 9.18 Å². The van der Waals surface area contributed by atoms with Crippen LogP contribution in [0.2, 0.25) is 0 Å². The average molecular weight is 316 g/mol. The lowest BCUT2D eigenvalue weighted by atomic mass is 10.1. The molecule has 0 spiro atoms. The Morgan fingerprint density at radius 3 is 2.83 bits per heavy atom. The third-order valence-corrected chi connectivity index (χ3v) is 4.44. The van der Waals surface area contributed by atoms with Gasteiger partial charge in [0.05, 0.1) is 22.5 Å². The van der Waals surface area contributed by atoms with Gasteiger partial charge in [0.1, 0.15) is 11.3 Å². The van der Waals surface area contributed by atoms with Crippen molar-refractivity contribution in [1.82, 2.24) is 20.2 Å². The predicted octanol–water partition coefficient (Wildman–Crippen LogP) is 2.07. The minimum atomic E-state index is -0.454. The van der Waals surface area contributed by atoms with Crippen molar-refractivity contribution >= 4 is 16.9 Å². The van der Waals surface area contributed by atoms with Gasteiger partial charge in [0.15, 0.2) is 0 Å². The summed E-state index contributed by atoms with van der Waals surface area (Å²) in [5.41, 5.74) is 2.73. The molecule has 1 aliphatic rings. The van der Waals surface area contributed by atoms with E-state index in [0.29, 0.717) is 35.6 Å². The Labute approximate surface area is 134 Å². The van der Waals surface area contributed by atoms with Gasteiger partial charge in [-0.25, -0.2) is 14.4 Å². The molecule has 0 radical (unpaired) electrons. The van der Waals surface area contributed by atoms with E-state index in [9.17, 15) is 9.18 Å². The predicted molar refractivity (Wildman–Crippen MR) is 86.9 cm³/mol. The van der Waals surface area contributed by atoms with Crippen LogP contribution >= 0.6 is 0 Å². The number of halogens is 1. The van der Waals surface area contributed by atoms with E-state index in [1.54, 1.807) is 4.90 Å². The summed E-state index contributed by atoms with van der Waals surface area (Å²) in [6, 6.07) is 2.61. The fourth-order valence-corrected chi connectivity index (χ4v) is 3.10. The van der Waals surface area contributed by atoms with Gasteiger partial charge in [-0.05, 0) is 45.8 Å². The first kappa shape index (κ1) is 15.8. The van der Waals surface area contributed by atoms with Gasteiger partial charge in [0, 0.05) is 19.2 Å². The lowest BCUT2D eigenvalue weighted by Gasteiger charge is -2.18. The van der Waals surface area contributed by atoms with E-state index in [4.69, 9.17) is 0 Å². The van der Waals surface area contributed by atoms with E-state index in [1.165, 1.54) is 12.1 Å². The average Bonchev–Trinajstić information content (AvgIpc) is 2.96. The molecule has 0 saturated carbocycles. The Bertz CT molecular complexity index is 762. The summed E-state index contributed by atoms with van der Waals surface area (Å²) >= 11 is 0. The highest BCUT2D eigenvalue weighted by Gasteiger charge is 2.28. The molecule has 1 unspecified atom stereocenters. The lowest BCUT2D eigenvalue weighted by Crippen LogP contribution is -2.30. The van der Waals surface area contributed by atoms with E-state index < -0.39 is 5.82 Å². The van der Waals surface area contributed by atoms with Gasteiger partial charge >= 0.3 is 0 Å². The molecule has 1 aromatic carbocycles. The van der Waals surface area contributed by atoms with Crippen LogP contribution in [0.3, 0.4) is 0 Å². The molecule has 0 bridgehead atoms. The number of hydrogen-bond acceptors (Lipinski definition) is 4. The molecule has 1 N–H and O–H groups in total. The van der Waals surface area contributed by atoms with Gasteiger partial charge in [-0.15, -0.1) is 0 Å². The Morgan fingerprint density at radius 2 is 2.09 bits per heavy atom. The van der Waals surface area contributed by atoms with Gasteiger partial charge in [-0.3, -0.25) is 4.79 Å². The number of aromatic nitrogens is 2. The molecule has 1 amide bonds. The van der Waals surface area contributed by atoms with Gasteiger partial charge in [0.2, 0.25) is 0 Å². The monoisotopic (exact) mass is 316 g/mol. The van der Waals surface area contributed by atoms with Gasteiger partial charge in [-0.1, -0.05) is 0 Å². The van der Waals surface area contributed by atoms with Crippen LogP contribution < -0.4 is 5.32 Å². The molecule has 1 aromatic heterocycles. The van der Waals surface area contributed by atoms with Crippen molar-refractivity contribution in [3.63, 3.8) is 0 Å². The largest absolute Gasteiger partial charge is 0.338 e. The van der Waals surface area contributed by atoms with Crippen LogP contribution in [0.1, 0.15) is 28.2 Å². The van der Waals surface area contributed by atoms with Crippen molar-refractivity contribution in [2.45, 2.75) is 20.3 Å². The zero-order chi connectivity index (χ0) is 16.6. The van der Waals surface area contributed by atoms with Crippen LogP contribution in [0.5, 0.6) is 0 Å². The van der Waals surface area contributed by atoms with Crippen molar-refractivity contribution in [3.8, 4) is 0 Å². The van der Waals surface area contributed by atoms with Gasteiger partial charge in [0.25, 0.3) is 5.91 Å². The van der Waals surface area contributed by atoms with E-state index in [-0.39, 0.29) is 5.91 Å². The summed E-state index contributed by atoms with van der Waals surface area (Å²) in [5, 5.41) is 3.14. The number of carbonyl (C=O) groups excluding carboxylic acids is 1. The van der Waals surface area contributed by atoms with Crippen LogP contribution in [0.15, 0.2) is 12.1 Å². The van der Waals surface area contributed by atoms with Crippen LogP contribution in [0.25, 0.3) is 11.0 Å². The second-order valence-corrected chi connectivity index (χ2v) is 6.18. The smallest absolute Gasteiger partial charge is 0.256 e. The van der Waals surface area contributed by atoms with E-state index in [0.717, 1.165) is 24.4 Å². The Morgan fingerprint density at radius 1 is 1.35 bits per heavy atom. The molecule has 1 fully saturated rings. The van der Waals surface area contributed by atoms with Gasteiger partial charge < -0.3 is 10.2 Å². The third-order valence-electron chi connectivity index (χ3n) is 4.44. The van der Waals surface area contributed by atoms with Crippen molar-refractivity contribution in [2.75, 3.05) is 26.7 Å². The van der Waals surface area contributed by atoms with Crippen LogP contribution in [0, 0.1) is 25.6 Å². The first-order valence-corrected chi connectivity index (χ1v) is 7.88. The summed E-state index contributed by atoms with van der Waals surface area (Å²) in [6.07, 6.45) is 0.962. The van der Waals surface area contributed by atoms with Crippen LogP contribution in [-0.4, -0.2) is 47.5 Å². The molecule has 1 saturated heterocycles. The van der Waals surface area contributed by atoms with Crippen molar-refractivity contribution in [1.29, 1.82) is 0 Å². The van der Waals surface area contributed by atoms with Crippen molar-refractivity contribution in [3.05, 3.63) is 34.9 Å². The fraction of sp³-hybridized carbons (Fsp3) is 0.471. The third kappa shape index (κ3) is 3.03. The number of benzene rings is 1. The molecule has 2 heterocycles. The number of hydrogen-bond donors (Lipinski definition) is 1. The number of nitrogens with zero attached hydrogens (tertiary/aromatic N) is 3. The fourth-order valence-electron chi connectivity index (χ4n) is 3.10. The zero-order valence-corrected chi connectivity index (χ0v) is 13.7. The zero-order valence-electron chi connectivity index (χ0n) is 13.7. The Balaban J connectivity index is 1.99. The highest BCUT2D eigenvalue weighted by atomic mass is 19.1. The lowest BCUT2D eigenvalue weighted by molar-refractivity contribution is 0.0788. The maximum atomic E-state index is 13.9. The maximum Gasteiger partial charge on any atom is 0.256 e. The number of amides is 1. The molecule has 23 heavy (non-hydrogen) atoms. The number of rotatable bonds is 3. The summed E-state index contributed by atoms with van der Waals surface area (Å²) in [4.78, 5) is 23.5. The normalized spacial score (nSPS) is 17.9. The van der Waals surface area contributed by atoms with E-state index in [1.807, 2.05) is 20.9 Å². The molecule has 2 aromatic rings. The summed E-state index contributed by atoms with van der Waals surface area (Å²) in [5.74, 6) is -0.172. The van der Waals surface area contributed by atoms with Crippen LogP contribution in [0.4, 0.5) is 4.39 Å². The first-order valence-electron chi connectivity index (χ1n) is 7.88. The first-order chi connectivity index (χ1) is 11.0. The SMILES string of the molecule is CNCC1CCN(C(=O)c2cc(F)cc3nc(C)c(C)nc23)C1. The molecule has 3 rings (SSSR count). The quantitative estimate of drug-likeness (QED) is 0.942. The number of carbonyl (C=O) groups is 1. The Hall–Kier alpha value is -2.08. The summed E-state index contributed by atoms with van der Waals surface area (Å²) < 4.78 is 13.9. The van der Waals surface area contributed by atoms with E-state index >= 15 is 0 Å². The molecule has 1 aliphatic heterocycles. The molecule has 0 aliphatic carbocycles. The number of fused-ring (bicyclic) bond motifs is 1. The molecule has 1 atom stereocenters. The van der Waals surface area contributed by atoms with E-state index in [2.05, 4.69) is 15.3 Å². The summed E-state index contributed by atoms with van der Waals surface area (Å²) in [7, 11) is 1.91. The van der Waals surface area contributed by atoms with Gasteiger partial charge in [-0.2, -0.15) is 0 Å². The molecule has 6 heteroatoms. The second-order valence-electron chi connectivity index (χ2n) is 6.18. The number of aryl methyl sites for hydroxylation is 2. The second kappa shape index (κ2) is 6.20. The standard InChI is InChI=1S/C17H21FN4O/c1-10-11(2)21-16-14(6-13(18)7-15(16)20-10)17(23)22-5-4-12(9-22)8-19-3/h6-7,12,19H,4-5,8-9H2,1-3H3. The van der Waals surface area contributed by atoms with Crippen molar-refractivity contribution in [2.24, 2.45) is 5.92 Å². The minimum Gasteiger partial charge on any atom is -0.338 e. The number of likely N-dealkylation sites (tertiary alicyclic amines) is 1. The highest BCUT2D eigenvalue weighted by Crippen LogP contribution is 2.23. The molecular weight excluding hydrogens is 295 g/mol. The topological polar surface area (TPSA) is 58.1 Å². The Kier molecular flexibility index (Phi) is 4.26. The molecule has 122 valence electrons. The number of nitrogens with one attached hydrogen (secondary N) is 1. The highest BCUT2D eigenvalue weighted by molar-refractivity contribution is 6.04.